The third kappa shape index (κ3) is 4.69. The molecule has 0 saturated heterocycles. The van der Waals surface area contributed by atoms with Crippen molar-refractivity contribution >= 4 is 34.0 Å². The number of anilines is 1. The number of nitriles is 1. The van der Waals surface area contributed by atoms with Crippen molar-refractivity contribution in [3.05, 3.63) is 113 Å². The van der Waals surface area contributed by atoms with Crippen LogP contribution < -0.4 is 5.32 Å². The summed E-state index contributed by atoms with van der Waals surface area (Å²) in [7, 11) is 0. The molecule has 0 aromatic heterocycles. The van der Waals surface area contributed by atoms with Gasteiger partial charge in [0, 0.05) is 11.3 Å². The first-order valence-electron chi connectivity index (χ1n) is 10.5. The topological polar surface area (TPSA) is 52.9 Å². The largest absolute Gasteiger partial charge is 0.377 e. The van der Waals surface area contributed by atoms with Crippen LogP contribution in [-0.2, 0) is 0 Å². The van der Waals surface area contributed by atoms with Gasteiger partial charge in [0.25, 0.3) is 0 Å². The van der Waals surface area contributed by atoms with Crippen molar-refractivity contribution in [1.82, 2.24) is 0 Å². The van der Waals surface area contributed by atoms with E-state index in [-0.39, 0.29) is 11.8 Å². The van der Waals surface area contributed by atoms with Crippen molar-refractivity contribution in [2.45, 2.75) is 25.1 Å². The van der Waals surface area contributed by atoms with Gasteiger partial charge in [-0.1, -0.05) is 84.4 Å². The third-order valence-electron chi connectivity index (χ3n) is 5.57. The Labute approximate surface area is 193 Å². The molecule has 0 aliphatic carbocycles. The summed E-state index contributed by atoms with van der Waals surface area (Å²) in [5.74, 6) is -0.0564. The minimum atomic E-state index is -0.617. The number of fused-ring (bicyclic) bond motifs is 1. The van der Waals surface area contributed by atoms with E-state index in [2.05, 4.69) is 16.8 Å². The maximum Gasteiger partial charge on any atom is 0.179 e. The highest BCUT2D eigenvalue weighted by Crippen LogP contribution is 2.34. The van der Waals surface area contributed by atoms with Gasteiger partial charge in [-0.15, -0.1) is 0 Å². The summed E-state index contributed by atoms with van der Waals surface area (Å²) in [6.07, 6.45) is 0. The summed E-state index contributed by atoms with van der Waals surface area (Å²) in [6, 6.07) is 29.5. The van der Waals surface area contributed by atoms with Gasteiger partial charge in [0.15, 0.2) is 5.78 Å². The molecule has 0 heterocycles. The molecule has 158 valence electrons. The monoisotopic (exact) mass is 436 g/mol. The molecule has 0 amide bonds. The van der Waals surface area contributed by atoms with Crippen LogP contribution >= 0.6 is 11.8 Å². The first kappa shape index (κ1) is 21.7. The number of aryl methyl sites for hydroxylation is 2. The number of nitrogens with one attached hydrogen (secondary N) is 1. The normalized spacial score (nSPS) is 12.7. The van der Waals surface area contributed by atoms with Crippen LogP contribution in [0.5, 0.6) is 0 Å². The van der Waals surface area contributed by atoms with E-state index in [1.807, 2.05) is 98.8 Å². The van der Waals surface area contributed by atoms with Crippen molar-refractivity contribution in [2.75, 3.05) is 5.32 Å². The summed E-state index contributed by atoms with van der Waals surface area (Å²) in [5, 5.41) is 16.7. The van der Waals surface area contributed by atoms with Crippen LogP contribution in [0.4, 0.5) is 5.69 Å². The molecule has 2 atom stereocenters. The zero-order valence-corrected chi connectivity index (χ0v) is 18.9. The first-order valence-corrected chi connectivity index (χ1v) is 11.4. The number of nitrogens with zero attached hydrogens (tertiary/aromatic N) is 1. The van der Waals surface area contributed by atoms with Crippen molar-refractivity contribution in [2.24, 2.45) is 0 Å². The maximum atomic E-state index is 13.9. The summed E-state index contributed by atoms with van der Waals surface area (Å²) >= 11 is 1.01. The van der Waals surface area contributed by atoms with E-state index in [0.29, 0.717) is 5.56 Å². The molecule has 0 spiro atoms. The molecule has 32 heavy (non-hydrogen) atoms. The summed E-state index contributed by atoms with van der Waals surface area (Å²) in [4.78, 5) is 13.9. The fourth-order valence-corrected chi connectivity index (χ4v) is 4.65. The van der Waals surface area contributed by atoms with Gasteiger partial charge in [0.1, 0.15) is 10.7 Å². The number of carbonyl (C=O) groups excluding carboxylic acids is 1. The van der Waals surface area contributed by atoms with Crippen LogP contribution in [0.3, 0.4) is 0 Å². The summed E-state index contributed by atoms with van der Waals surface area (Å²) < 4.78 is 0. The molecule has 0 bridgehead atoms. The van der Waals surface area contributed by atoms with Crippen LogP contribution in [0.2, 0.25) is 0 Å². The van der Waals surface area contributed by atoms with E-state index >= 15 is 0 Å². The van der Waals surface area contributed by atoms with E-state index in [1.165, 1.54) is 0 Å². The number of carbonyl (C=O) groups is 1. The lowest BCUT2D eigenvalue weighted by molar-refractivity contribution is 0.0985. The molecule has 4 heteroatoms. The second kappa shape index (κ2) is 9.72. The van der Waals surface area contributed by atoms with E-state index < -0.39 is 5.25 Å². The SMILES string of the molecule is Cc1ccc(C(Nc2cccc(C)c2)C(SC#N)C(=O)c2cccc3ccccc23)cc1. The maximum absolute atomic E-state index is 13.9. The summed E-state index contributed by atoms with van der Waals surface area (Å²) in [5.41, 5.74) is 4.80. The number of hydrogen-bond acceptors (Lipinski definition) is 4. The van der Waals surface area contributed by atoms with Crippen LogP contribution in [0.15, 0.2) is 91.0 Å². The molecule has 3 nitrogen and oxygen atoms in total. The van der Waals surface area contributed by atoms with Gasteiger partial charge in [-0.25, -0.2) is 0 Å². The number of hydrogen-bond donors (Lipinski definition) is 1. The van der Waals surface area contributed by atoms with E-state index in [1.54, 1.807) is 0 Å². The standard InChI is InChI=1S/C28H24N2OS/c1-19-13-15-22(16-14-19)26(30-23-10-5-7-20(2)17-23)28(32-18-29)27(31)25-12-6-9-21-8-3-4-11-24(21)25/h3-17,26,28,30H,1-2H3. The quantitative estimate of drug-likeness (QED) is 0.248. The van der Waals surface area contributed by atoms with Crippen LogP contribution in [0, 0.1) is 24.5 Å². The lowest BCUT2D eigenvalue weighted by atomic mass is 9.93. The van der Waals surface area contributed by atoms with Crippen molar-refractivity contribution in [3.63, 3.8) is 0 Å². The van der Waals surface area contributed by atoms with Crippen LogP contribution in [0.25, 0.3) is 10.8 Å². The Morgan fingerprint density at radius 3 is 2.34 bits per heavy atom. The van der Waals surface area contributed by atoms with Crippen molar-refractivity contribution in [1.29, 1.82) is 5.26 Å². The van der Waals surface area contributed by atoms with Gasteiger partial charge in [0.05, 0.1) is 6.04 Å². The van der Waals surface area contributed by atoms with Crippen LogP contribution in [-0.4, -0.2) is 11.0 Å². The lowest BCUT2D eigenvalue weighted by Crippen LogP contribution is -2.30. The number of ketones is 1. The third-order valence-corrected chi connectivity index (χ3v) is 6.42. The van der Waals surface area contributed by atoms with E-state index in [0.717, 1.165) is 44.9 Å². The lowest BCUT2D eigenvalue weighted by Gasteiger charge is -2.27. The highest BCUT2D eigenvalue weighted by Gasteiger charge is 2.32. The van der Waals surface area contributed by atoms with Gasteiger partial charge in [0.2, 0.25) is 0 Å². The van der Waals surface area contributed by atoms with Gasteiger partial charge in [-0.05, 0) is 59.6 Å². The highest BCUT2D eigenvalue weighted by molar-refractivity contribution is 8.05. The zero-order chi connectivity index (χ0) is 22.5. The number of thiocyanates is 1. The molecular weight excluding hydrogens is 412 g/mol. The van der Waals surface area contributed by atoms with Gasteiger partial charge < -0.3 is 5.32 Å². The Balaban J connectivity index is 1.80. The highest BCUT2D eigenvalue weighted by atomic mass is 32.2. The number of benzene rings is 4. The predicted octanol–water partition coefficient (Wildman–Crippen LogP) is 7.08. The van der Waals surface area contributed by atoms with Crippen LogP contribution in [0.1, 0.15) is 33.1 Å². The number of Topliss-reactive ketones (excluding diaryl/α,β-unsaturated/α-hetero) is 1. The first-order chi connectivity index (χ1) is 15.6. The van der Waals surface area contributed by atoms with Gasteiger partial charge >= 0.3 is 0 Å². The second-order valence-electron chi connectivity index (χ2n) is 7.92. The predicted molar refractivity (Wildman–Crippen MR) is 134 cm³/mol. The van der Waals surface area contributed by atoms with Gasteiger partial charge in [-0.2, -0.15) is 5.26 Å². The van der Waals surface area contributed by atoms with Gasteiger partial charge in [-0.3, -0.25) is 4.79 Å². The zero-order valence-electron chi connectivity index (χ0n) is 18.1. The smallest absolute Gasteiger partial charge is 0.179 e. The molecule has 0 fully saturated rings. The average Bonchev–Trinajstić information content (AvgIpc) is 2.81. The minimum Gasteiger partial charge on any atom is -0.377 e. The summed E-state index contributed by atoms with van der Waals surface area (Å²) in [6.45, 7) is 4.07. The second-order valence-corrected chi connectivity index (χ2v) is 8.85. The molecule has 0 radical (unpaired) electrons. The fraction of sp³-hybridized carbons (Fsp3) is 0.143. The minimum absolute atomic E-state index is 0.0564. The average molecular weight is 437 g/mol. The molecule has 0 saturated carbocycles. The van der Waals surface area contributed by atoms with Crippen molar-refractivity contribution < 1.29 is 4.79 Å². The fourth-order valence-electron chi connectivity index (χ4n) is 3.95. The Morgan fingerprint density at radius 2 is 1.59 bits per heavy atom. The molecule has 2 unspecified atom stereocenters. The van der Waals surface area contributed by atoms with E-state index in [9.17, 15) is 10.1 Å². The molecule has 4 rings (SSSR count). The number of thioether (sulfide) groups is 1. The number of rotatable bonds is 7. The molecule has 4 aromatic rings. The van der Waals surface area contributed by atoms with Crippen molar-refractivity contribution in [3.8, 4) is 5.40 Å². The molecule has 0 aliphatic rings. The molecular formula is C28H24N2OS. The van der Waals surface area contributed by atoms with E-state index in [4.69, 9.17) is 0 Å². The molecule has 1 N–H and O–H groups in total. The Bertz CT molecular complexity index is 1290. The Morgan fingerprint density at radius 1 is 0.875 bits per heavy atom. The molecule has 4 aromatic carbocycles. The Hall–Kier alpha value is -3.55. The Kier molecular flexibility index (Phi) is 6.58. The molecule has 0 aliphatic heterocycles.